The Bertz CT molecular complexity index is 446. The number of rotatable bonds is 3. The average molecular weight is 258 g/mol. The number of ether oxygens (including phenoxy) is 2. The summed E-state index contributed by atoms with van der Waals surface area (Å²) >= 11 is 0. The predicted molar refractivity (Wildman–Crippen MR) is 77.8 cm³/mol. The molecule has 0 N–H and O–H groups in total. The van der Waals surface area contributed by atoms with E-state index in [0.717, 1.165) is 6.42 Å². The summed E-state index contributed by atoms with van der Waals surface area (Å²) < 4.78 is 12.0. The molecule has 1 saturated heterocycles. The van der Waals surface area contributed by atoms with Gasteiger partial charge in [-0.1, -0.05) is 54.6 Å². The summed E-state index contributed by atoms with van der Waals surface area (Å²) in [7, 11) is 0. The van der Waals surface area contributed by atoms with Crippen molar-refractivity contribution in [2.75, 3.05) is 0 Å². The summed E-state index contributed by atoms with van der Waals surface area (Å²) in [4.78, 5) is 0. The van der Waals surface area contributed by atoms with Gasteiger partial charge in [0.1, 0.15) is 0 Å². The molecule has 19 heavy (non-hydrogen) atoms. The SMILES string of the molecule is C/C=C/C=C/[C@H]1C[C@H](c2ccccc2)OC(C)(C)O1. The van der Waals surface area contributed by atoms with Crippen LogP contribution in [0.25, 0.3) is 0 Å². The van der Waals surface area contributed by atoms with Crippen LogP contribution in [0, 0.1) is 0 Å². The van der Waals surface area contributed by atoms with Crippen LogP contribution in [-0.2, 0) is 9.47 Å². The van der Waals surface area contributed by atoms with Crippen LogP contribution in [-0.4, -0.2) is 11.9 Å². The topological polar surface area (TPSA) is 18.5 Å². The molecule has 0 bridgehead atoms. The van der Waals surface area contributed by atoms with Gasteiger partial charge in [0.25, 0.3) is 0 Å². The lowest BCUT2D eigenvalue weighted by Crippen LogP contribution is -2.40. The Morgan fingerprint density at radius 1 is 1.11 bits per heavy atom. The second kappa shape index (κ2) is 6.18. The highest BCUT2D eigenvalue weighted by Crippen LogP contribution is 2.36. The molecule has 2 rings (SSSR count). The standard InChI is InChI=1S/C17H22O2/c1-4-5-7-12-15-13-16(19-17(2,3)18-15)14-10-8-6-9-11-14/h4-12,15-16H,13H2,1-3H3/b5-4+,12-7+/t15-,16+/m0/s1. The first-order valence-electron chi connectivity index (χ1n) is 6.81. The average Bonchev–Trinajstić information content (AvgIpc) is 2.38. The van der Waals surface area contributed by atoms with Crippen LogP contribution in [0.15, 0.2) is 54.6 Å². The van der Waals surface area contributed by atoms with E-state index in [0.29, 0.717) is 0 Å². The Morgan fingerprint density at radius 3 is 2.53 bits per heavy atom. The highest BCUT2D eigenvalue weighted by molar-refractivity contribution is 5.19. The van der Waals surface area contributed by atoms with Gasteiger partial charge >= 0.3 is 0 Å². The number of allylic oxidation sites excluding steroid dienone is 3. The van der Waals surface area contributed by atoms with Crippen molar-refractivity contribution in [1.82, 2.24) is 0 Å². The van der Waals surface area contributed by atoms with E-state index < -0.39 is 5.79 Å². The van der Waals surface area contributed by atoms with Gasteiger partial charge in [0.05, 0.1) is 12.2 Å². The van der Waals surface area contributed by atoms with E-state index in [1.807, 2.05) is 57.2 Å². The minimum Gasteiger partial charge on any atom is -0.343 e. The van der Waals surface area contributed by atoms with Crippen molar-refractivity contribution in [3.63, 3.8) is 0 Å². The molecule has 2 heteroatoms. The summed E-state index contributed by atoms with van der Waals surface area (Å²) in [6.07, 6.45) is 9.19. The maximum atomic E-state index is 6.02. The molecule has 2 nitrogen and oxygen atoms in total. The zero-order valence-electron chi connectivity index (χ0n) is 11.9. The van der Waals surface area contributed by atoms with Crippen LogP contribution < -0.4 is 0 Å². The zero-order valence-corrected chi connectivity index (χ0v) is 11.9. The second-order valence-electron chi connectivity index (χ2n) is 5.22. The maximum absolute atomic E-state index is 6.02. The van der Waals surface area contributed by atoms with E-state index in [-0.39, 0.29) is 12.2 Å². The predicted octanol–water partition coefficient (Wildman–Crippen LogP) is 4.40. The Kier molecular flexibility index (Phi) is 4.56. The molecule has 0 saturated carbocycles. The van der Waals surface area contributed by atoms with Crippen LogP contribution in [0.4, 0.5) is 0 Å². The lowest BCUT2D eigenvalue weighted by atomic mass is 10.0. The lowest BCUT2D eigenvalue weighted by molar-refractivity contribution is -0.292. The van der Waals surface area contributed by atoms with Gasteiger partial charge in [0, 0.05) is 6.42 Å². The Balaban J connectivity index is 2.13. The van der Waals surface area contributed by atoms with Crippen LogP contribution in [0.3, 0.4) is 0 Å². The largest absolute Gasteiger partial charge is 0.343 e. The first-order chi connectivity index (χ1) is 9.11. The van der Waals surface area contributed by atoms with E-state index in [4.69, 9.17) is 9.47 Å². The van der Waals surface area contributed by atoms with E-state index in [9.17, 15) is 0 Å². The third-order valence-corrected chi connectivity index (χ3v) is 3.11. The fourth-order valence-corrected chi connectivity index (χ4v) is 2.33. The fraction of sp³-hybridized carbons (Fsp3) is 0.412. The molecule has 0 unspecified atom stereocenters. The minimum atomic E-state index is -0.552. The summed E-state index contributed by atoms with van der Waals surface area (Å²) in [6, 6.07) is 10.3. The number of benzene rings is 1. The van der Waals surface area contributed by atoms with Gasteiger partial charge in [-0.05, 0) is 26.3 Å². The Morgan fingerprint density at radius 2 is 1.84 bits per heavy atom. The van der Waals surface area contributed by atoms with E-state index in [1.165, 1.54) is 5.56 Å². The van der Waals surface area contributed by atoms with Gasteiger partial charge in [-0.2, -0.15) is 0 Å². The molecular weight excluding hydrogens is 236 g/mol. The van der Waals surface area contributed by atoms with Crippen molar-refractivity contribution in [1.29, 1.82) is 0 Å². The third kappa shape index (κ3) is 4.05. The van der Waals surface area contributed by atoms with E-state index >= 15 is 0 Å². The molecule has 0 aliphatic carbocycles. The van der Waals surface area contributed by atoms with Gasteiger partial charge in [0.2, 0.25) is 0 Å². The molecule has 1 aliphatic rings. The molecule has 1 heterocycles. The van der Waals surface area contributed by atoms with Gasteiger partial charge in [0.15, 0.2) is 5.79 Å². The van der Waals surface area contributed by atoms with Gasteiger partial charge in [-0.25, -0.2) is 0 Å². The van der Waals surface area contributed by atoms with E-state index in [1.54, 1.807) is 0 Å². The highest BCUT2D eigenvalue weighted by Gasteiger charge is 2.34. The van der Waals surface area contributed by atoms with Gasteiger partial charge in [-0.3, -0.25) is 0 Å². The smallest absolute Gasteiger partial charge is 0.164 e. The number of hydrogen-bond acceptors (Lipinski definition) is 2. The normalized spacial score (nSPS) is 27.1. The zero-order chi connectivity index (χ0) is 13.7. The summed E-state index contributed by atoms with van der Waals surface area (Å²) in [5.74, 6) is -0.552. The molecule has 0 aromatic heterocycles. The third-order valence-electron chi connectivity index (χ3n) is 3.11. The van der Waals surface area contributed by atoms with Crippen molar-refractivity contribution in [2.24, 2.45) is 0 Å². The van der Waals surface area contributed by atoms with Gasteiger partial charge < -0.3 is 9.47 Å². The summed E-state index contributed by atoms with van der Waals surface area (Å²) in [5.41, 5.74) is 1.21. The van der Waals surface area contributed by atoms with Crippen LogP contribution in [0.5, 0.6) is 0 Å². The van der Waals surface area contributed by atoms with Crippen LogP contribution in [0.1, 0.15) is 38.9 Å². The highest BCUT2D eigenvalue weighted by atomic mass is 16.7. The molecule has 0 amide bonds. The molecule has 1 aliphatic heterocycles. The fourth-order valence-electron chi connectivity index (χ4n) is 2.33. The van der Waals surface area contributed by atoms with Crippen molar-refractivity contribution >= 4 is 0 Å². The van der Waals surface area contributed by atoms with E-state index in [2.05, 4.69) is 18.2 Å². The molecule has 1 fully saturated rings. The summed E-state index contributed by atoms with van der Waals surface area (Å²) in [6.45, 7) is 5.95. The quantitative estimate of drug-likeness (QED) is 0.748. The number of hydrogen-bond donors (Lipinski definition) is 0. The summed E-state index contributed by atoms with van der Waals surface area (Å²) in [5, 5.41) is 0. The van der Waals surface area contributed by atoms with Crippen molar-refractivity contribution in [3.8, 4) is 0 Å². The van der Waals surface area contributed by atoms with Crippen molar-refractivity contribution in [3.05, 3.63) is 60.2 Å². The lowest BCUT2D eigenvalue weighted by Gasteiger charge is -2.40. The molecule has 102 valence electrons. The van der Waals surface area contributed by atoms with Crippen LogP contribution in [0.2, 0.25) is 0 Å². The Labute approximate surface area is 115 Å². The molecular formula is C17H22O2. The first-order valence-corrected chi connectivity index (χ1v) is 6.81. The molecule has 0 spiro atoms. The molecule has 1 aromatic rings. The monoisotopic (exact) mass is 258 g/mol. The van der Waals surface area contributed by atoms with Crippen molar-refractivity contribution < 1.29 is 9.47 Å². The first kappa shape index (κ1) is 14.0. The Hall–Kier alpha value is -1.38. The van der Waals surface area contributed by atoms with Gasteiger partial charge in [-0.15, -0.1) is 0 Å². The molecule has 1 aromatic carbocycles. The molecule has 0 radical (unpaired) electrons. The minimum absolute atomic E-state index is 0.0881. The van der Waals surface area contributed by atoms with Crippen LogP contribution >= 0.6 is 0 Å². The second-order valence-corrected chi connectivity index (χ2v) is 5.22. The molecule has 2 atom stereocenters. The van der Waals surface area contributed by atoms with Crippen molar-refractivity contribution in [2.45, 2.75) is 45.2 Å². The maximum Gasteiger partial charge on any atom is 0.164 e.